The Hall–Kier alpha value is -2.09. The molecular weight excluding hydrogens is 236 g/mol. The van der Waals surface area contributed by atoms with Crippen LogP contribution in [0.5, 0.6) is 5.75 Å². The Morgan fingerprint density at radius 3 is 2.53 bits per heavy atom. The van der Waals surface area contributed by atoms with Crippen molar-refractivity contribution in [2.75, 3.05) is 7.11 Å². The topological polar surface area (TPSA) is 26.3 Å². The molecule has 0 radical (unpaired) electrons. The molecule has 1 atom stereocenters. The average molecular weight is 254 g/mol. The van der Waals surface area contributed by atoms with Crippen LogP contribution in [0.1, 0.15) is 24.0 Å². The first kappa shape index (κ1) is 13.3. The minimum atomic E-state index is -0.127. The van der Waals surface area contributed by atoms with E-state index in [9.17, 15) is 4.79 Å². The van der Waals surface area contributed by atoms with E-state index >= 15 is 0 Å². The Balaban J connectivity index is 2.57. The Morgan fingerprint density at radius 1 is 1.16 bits per heavy atom. The van der Waals surface area contributed by atoms with Crippen molar-refractivity contribution >= 4 is 6.29 Å². The zero-order chi connectivity index (χ0) is 13.8. The predicted molar refractivity (Wildman–Crippen MR) is 77.6 cm³/mol. The highest BCUT2D eigenvalue weighted by molar-refractivity contribution is 5.71. The summed E-state index contributed by atoms with van der Waals surface area (Å²) in [5.74, 6) is 0.655. The van der Waals surface area contributed by atoms with Crippen molar-refractivity contribution in [3.05, 3.63) is 53.6 Å². The van der Waals surface area contributed by atoms with Gasteiger partial charge in [-0.05, 0) is 41.3 Å². The number of benzene rings is 2. The number of aldehydes is 1. The lowest BCUT2D eigenvalue weighted by molar-refractivity contribution is -0.108. The fourth-order valence-corrected chi connectivity index (χ4v) is 2.13. The summed E-state index contributed by atoms with van der Waals surface area (Å²) >= 11 is 0. The van der Waals surface area contributed by atoms with Crippen LogP contribution in [0.3, 0.4) is 0 Å². The maximum Gasteiger partial charge on any atom is 0.127 e. The van der Waals surface area contributed by atoms with Gasteiger partial charge in [0.2, 0.25) is 0 Å². The first-order valence-corrected chi connectivity index (χ1v) is 6.36. The summed E-state index contributed by atoms with van der Waals surface area (Å²) in [4.78, 5) is 11.0. The number of ether oxygens (including phenoxy) is 1. The number of carbonyl (C=O) groups excluding carboxylic acids is 1. The third-order valence-electron chi connectivity index (χ3n) is 3.35. The van der Waals surface area contributed by atoms with E-state index in [2.05, 4.69) is 25.1 Å². The molecule has 0 fully saturated rings. The van der Waals surface area contributed by atoms with Crippen LogP contribution in [0.15, 0.2) is 42.5 Å². The molecule has 0 amide bonds. The molecule has 0 unspecified atom stereocenters. The molecule has 98 valence electrons. The van der Waals surface area contributed by atoms with Crippen molar-refractivity contribution in [3.63, 3.8) is 0 Å². The molecule has 0 saturated carbocycles. The van der Waals surface area contributed by atoms with Crippen LogP contribution in [-0.4, -0.2) is 13.4 Å². The highest BCUT2D eigenvalue weighted by Gasteiger charge is 2.10. The third-order valence-corrected chi connectivity index (χ3v) is 3.35. The van der Waals surface area contributed by atoms with E-state index in [1.54, 1.807) is 7.11 Å². The summed E-state index contributed by atoms with van der Waals surface area (Å²) < 4.78 is 5.34. The number of rotatable bonds is 4. The maximum atomic E-state index is 11.0. The van der Waals surface area contributed by atoms with Crippen molar-refractivity contribution in [1.29, 1.82) is 0 Å². The van der Waals surface area contributed by atoms with Gasteiger partial charge in [-0.1, -0.05) is 37.3 Å². The molecular formula is C17H18O2. The Labute approximate surface area is 114 Å². The summed E-state index contributed by atoms with van der Waals surface area (Å²) in [6, 6.07) is 14.2. The van der Waals surface area contributed by atoms with Crippen LogP contribution >= 0.6 is 0 Å². The van der Waals surface area contributed by atoms with Crippen LogP contribution in [0.4, 0.5) is 0 Å². The molecule has 2 nitrogen and oxygen atoms in total. The molecule has 0 aliphatic rings. The lowest BCUT2D eigenvalue weighted by Crippen LogP contribution is -1.97. The smallest absolute Gasteiger partial charge is 0.127 e. The van der Waals surface area contributed by atoms with Gasteiger partial charge in [0.25, 0.3) is 0 Å². The van der Waals surface area contributed by atoms with E-state index in [1.807, 2.05) is 31.2 Å². The number of aryl methyl sites for hydroxylation is 1. The zero-order valence-corrected chi connectivity index (χ0v) is 11.5. The van der Waals surface area contributed by atoms with Crippen molar-refractivity contribution < 1.29 is 9.53 Å². The highest BCUT2D eigenvalue weighted by Crippen LogP contribution is 2.30. The lowest BCUT2D eigenvalue weighted by Gasteiger charge is -2.12. The SMILES string of the molecule is COc1cc(-c2ccccc2C)cc([C@H](C)C=O)c1. The van der Waals surface area contributed by atoms with E-state index in [0.29, 0.717) is 0 Å². The van der Waals surface area contributed by atoms with E-state index in [-0.39, 0.29) is 5.92 Å². The Morgan fingerprint density at radius 2 is 1.89 bits per heavy atom. The van der Waals surface area contributed by atoms with Gasteiger partial charge in [0.1, 0.15) is 12.0 Å². The maximum absolute atomic E-state index is 11.0. The van der Waals surface area contributed by atoms with Gasteiger partial charge < -0.3 is 9.53 Å². The molecule has 2 aromatic rings. The van der Waals surface area contributed by atoms with Gasteiger partial charge in [0.15, 0.2) is 0 Å². The number of carbonyl (C=O) groups is 1. The van der Waals surface area contributed by atoms with E-state index in [1.165, 1.54) is 11.1 Å². The molecule has 0 bridgehead atoms. The largest absolute Gasteiger partial charge is 0.497 e. The second kappa shape index (κ2) is 5.70. The minimum Gasteiger partial charge on any atom is -0.497 e. The van der Waals surface area contributed by atoms with Crippen molar-refractivity contribution in [3.8, 4) is 16.9 Å². The standard InChI is InChI=1S/C17H18O2/c1-12-6-4-5-7-17(12)15-8-14(13(2)11-18)9-16(10-15)19-3/h4-11,13H,1-3H3/t13-/m1/s1. The predicted octanol–water partition coefficient (Wildman–Crippen LogP) is 3.97. The van der Waals surface area contributed by atoms with Crippen molar-refractivity contribution in [1.82, 2.24) is 0 Å². The van der Waals surface area contributed by atoms with Gasteiger partial charge in [0.05, 0.1) is 7.11 Å². The van der Waals surface area contributed by atoms with Gasteiger partial charge in [-0.15, -0.1) is 0 Å². The summed E-state index contributed by atoms with van der Waals surface area (Å²) in [6.07, 6.45) is 0.955. The first-order valence-electron chi connectivity index (χ1n) is 6.36. The Bertz CT molecular complexity index is 588. The van der Waals surface area contributed by atoms with Gasteiger partial charge in [-0.25, -0.2) is 0 Å². The molecule has 0 heterocycles. The van der Waals surface area contributed by atoms with Gasteiger partial charge in [-0.2, -0.15) is 0 Å². The number of hydrogen-bond donors (Lipinski definition) is 0. The second-order valence-corrected chi connectivity index (χ2v) is 4.73. The number of methoxy groups -OCH3 is 1. The van der Waals surface area contributed by atoms with Crippen LogP contribution in [-0.2, 0) is 4.79 Å². The van der Waals surface area contributed by atoms with Crippen LogP contribution in [0, 0.1) is 6.92 Å². The van der Waals surface area contributed by atoms with Crippen LogP contribution < -0.4 is 4.74 Å². The molecule has 2 rings (SSSR count). The summed E-state index contributed by atoms with van der Waals surface area (Å²) in [5, 5.41) is 0. The van der Waals surface area contributed by atoms with Crippen LogP contribution in [0.25, 0.3) is 11.1 Å². The normalized spacial score (nSPS) is 11.9. The van der Waals surface area contributed by atoms with Gasteiger partial charge in [0, 0.05) is 5.92 Å². The van der Waals surface area contributed by atoms with E-state index in [4.69, 9.17) is 4.74 Å². The fraction of sp³-hybridized carbons (Fsp3) is 0.235. The molecule has 0 N–H and O–H groups in total. The first-order chi connectivity index (χ1) is 9.15. The van der Waals surface area contributed by atoms with Crippen molar-refractivity contribution in [2.24, 2.45) is 0 Å². The van der Waals surface area contributed by atoms with Gasteiger partial charge in [-0.3, -0.25) is 0 Å². The molecule has 0 aliphatic heterocycles. The molecule has 0 saturated heterocycles. The summed E-state index contributed by atoms with van der Waals surface area (Å²) in [7, 11) is 1.65. The molecule has 0 aromatic heterocycles. The quantitative estimate of drug-likeness (QED) is 0.772. The lowest BCUT2D eigenvalue weighted by atomic mass is 9.94. The fourth-order valence-electron chi connectivity index (χ4n) is 2.13. The number of hydrogen-bond acceptors (Lipinski definition) is 2. The highest BCUT2D eigenvalue weighted by atomic mass is 16.5. The minimum absolute atomic E-state index is 0.127. The van der Waals surface area contributed by atoms with Crippen LogP contribution in [0.2, 0.25) is 0 Å². The molecule has 19 heavy (non-hydrogen) atoms. The van der Waals surface area contributed by atoms with Crippen molar-refractivity contribution in [2.45, 2.75) is 19.8 Å². The summed E-state index contributed by atoms with van der Waals surface area (Å²) in [5.41, 5.74) is 4.44. The van der Waals surface area contributed by atoms with E-state index < -0.39 is 0 Å². The molecule has 2 heteroatoms. The molecule has 0 aliphatic carbocycles. The average Bonchev–Trinajstić information content (AvgIpc) is 2.46. The monoisotopic (exact) mass is 254 g/mol. The third kappa shape index (κ3) is 2.84. The van der Waals surface area contributed by atoms with E-state index in [0.717, 1.165) is 23.2 Å². The zero-order valence-electron chi connectivity index (χ0n) is 11.5. The summed E-state index contributed by atoms with van der Waals surface area (Å²) in [6.45, 7) is 3.97. The molecule has 2 aromatic carbocycles. The Kier molecular flexibility index (Phi) is 4.00. The van der Waals surface area contributed by atoms with Gasteiger partial charge >= 0.3 is 0 Å². The molecule has 0 spiro atoms. The second-order valence-electron chi connectivity index (χ2n) is 4.73.